The van der Waals surface area contributed by atoms with Crippen molar-refractivity contribution in [2.75, 3.05) is 13.7 Å². The summed E-state index contributed by atoms with van der Waals surface area (Å²) in [5.41, 5.74) is 1.38. The first kappa shape index (κ1) is 15.8. The summed E-state index contributed by atoms with van der Waals surface area (Å²) >= 11 is 0. The Kier molecular flexibility index (Phi) is 5.63. The summed E-state index contributed by atoms with van der Waals surface area (Å²) in [6.45, 7) is 7.84. The van der Waals surface area contributed by atoms with E-state index >= 15 is 0 Å². The SMILES string of the molecule is CCCNC(CC(C)C)c1ccc(OC)c2ccccc12. The molecule has 1 atom stereocenters. The molecule has 1 unspecified atom stereocenters. The van der Waals surface area contributed by atoms with Crippen LogP contribution in [0.1, 0.15) is 45.2 Å². The third kappa shape index (κ3) is 3.76. The van der Waals surface area contributed by atoms with Gasteiger partial charge in [-0.3, -0.25) is 0 Å². The molecule has 2 nitrogen and oxygen atoms in total. The molecular weight excluding hydrogens is 258 g/mol. The van der Waals surface area contributed by atoms with Gasteiger partial charge in [0, 0.05) is 11.4 Å². The molecule has 0 amide bonds. The van der Waals surface area contributed by atoms with E-state index in [2.05, 4.69) is 62.5 Å². The summed E-state index contributed by atoms with van der Waals surface area (Å²) in [5, 5.41) is 6.20. The van der Waals surface area contributed by atoms with Gasteiger partial charge in [0.1, 0.15) is 5.75 Å². The average Bonchev–Trinajstić information content (AvgIpc) is 2.50. The molecular formula is C19H27NO. The molecule has 2 aromatic rings. The molecule has 2 aromatic carbocycles. The van der Waals surface area contributed by atoms with Crippen LogP contribution in [0.2, 0.25) is 0 Å². The van der Waals surface area contributed by atoms with Crippen LogP contribution in [0.15, 0.2) is 36.4 Å². The van der Waals surface area contributed by atoms with Gasteiger partial charge in [0.05, 0.1) is 7.11 Å². The summed E-state index contributed by atoms with van der Waals surface area (Å²) in [4.78, 5) is 0. The van der Waals surface area contributed by atoms with Gasteiger partial charge in [0.25, 0.3) is 0 Å². The van der Waals surface area contributed by atoms with E-state index in [1.54, 1.807) is 7.11 Å². The van der Waals surface area contributed by atoms with Gasteiger partial charge in [-0.15, -0.1) is 0 Å². The van der Waals surface area contributed by atoms with Crippen molar-refractivity contribution in [2.24, 2.45) is 5.92 Å². The van der Waals surface area contributed by atoms with Crippen molar-refractivity contribution < 1.29 is 4.74 Å². The number of hydrogen-bond donors (Lipinski definition) is 1. The van der Waals surface area contributed by atoms with E-state index in [-0.39, 0.29) is 0 Å². The Morgan fingerprint density at radius 3 is 2.38 bits per heavy atom. The molecule has 0 bridgehead atoms. The second kappa shape index (κ2) is 7.46. The molecule has 21 heavy (non-hydrogen) atoms. The summed E-state index contributed by atoms with van der Waals surface area (Å²) in [5.74, 6) is 1.62. The predicted octanol–water partition coefficient (Wildman–Crippen LogP) is 4.94. The lowest BCUT2D eigenvalue weighted by Gasteiger charge is -2.23. The zero-order chi connectivity index (χ0) is 15.2. The molecule has 2 rings (SSSR count). The highest BCUT2D eigenvalue weighted by atomic mass is 16.5. The molecule has 114 valence electrons. The highest BCUT2D eigenvalue weighted by Crippen LogP contribution is 2.33. The fourth-order valence-electron chi connectivity index (χ4n) is 2.89. The monoisotopic (exact) mass is 285 g/mol. The molecule has 0 aliphatic heterocycles. The van der Waals surface area contributed by atoms with Crippen molar-refractivity contribution in [3.05, 3.63) is 42.0 Å². The second-order valence-electron chi connectivity index (χ2n) is 6.04. The van der Waals surface area contributed by atoms with E-state index in [0.717, 1.165) is 25.1 Å². The van der Waals surface area contributed by atoms with Gasteiger partial charge in [-0.2, -0.15) is 0 Å². The van der Waals surface area contributed by atoms with E-state index in [1.807, 2.05) is 0 Å². The summed E-state index contributed by atoms with van der Waals surface area (Å²) in [6, 6.07) is 13.2. The standard InChI is InChI=1S/C19H27NO/c1-5-12-20-18(13-14(2)3)16-10-11-19(21-4)17-9-7-6-8-15(16)17/h6-11,14,18,20H,5,12-13H2,1-4H3. The first-order valence-electron chi connectivity index (χ1n) is 7.96. The van der Waals surface area contributed by atoms with Gasteiger partial charge < -0.3 is 10.1 Å². The van der Waals surface area contributed by atoms with Gasteiger partial charge in [-0.1, -0.05) is 51.1 Å². The van der Waals surface area contributed by atoms with Crippen LogP contribution < -0.4 is 10.1 Å². The zero-order valence-electron chi connectivity index (χ0n) is 13.6. The number of nitrogens with one attached hydrogen (secondary N) is 1. The number of methoxy groups -OCH3 is 1. The molecule has 0 spiro atoms. The molecule has 0 aliphatic rings. The molecule has 1 N–H and O–H groups in total. The third-order valence-electron chi connectivity index (χ3n) is 3.86. The topological polar surface area (TPSA) is 21.3 Å². The van der Waals surface area contributed by atoms with Gasteiger partial charge in [0.2, 0.25) is 0 Å². The first-order valence-corrected chi connectivity index (χ1v) is 7.96. The maximum absolute atomic E-state index is 5.50. The van der Waals surface area contributed by atoms with Crippen molar-refractivity contribution in [2.45, 2.75) is 39.7 Å². The number of hydrogen-bond acceptors (Lipinski definition) is 2. The predicted molar refractivity (Wildman–Crippen MR) is 91.0 cm³/mol. The van der Waals surface area contributed by atoms with Gasteiger partial charge in [0.15, 0.2) is 0 Å². The lowest BCUT2D eigenvalue weighted by molar-refractivity contribution is 0.417. The minimum absolute atomic E-state index is 0.403. The number of rotatable bonds is 7. The second-order valence-corrected chi connectivity index (χ2v) is 6.04. The minimum Gasteiger partial charge on any atom is -0.496 e. The summed E-state index contributed by atoms with van der Waals surface area (Å²) < 4.78 is 5.50. The van der Waals surface area contributed by atoms with E-state index in [9.17, 15) is 0 Å². The van der Waals surface area contributed by atoms with Crippen molar-refractivity contribution in [1.82, 2.24) is 5.32 Å². The maximum Gasteiger partial charge on any atom is 0.126 e. The fourth-order valence-corrected chi connectivity index (χ4v) is 2.89. The van der Waals surface area contributed by atoms with Crippen LogP contribution in [0.5, 0.6) is 5.75 Å². The normalized spacial score (nSPS) is 12.8. The molecule has 0 aromatic heterocycles. The van der Waals surface area contributed by atoms with E-state index in [4.69, 9.17) is 4.74 Å². The molecule has 0 aliphatic carbocycles. The maximum atomic E-state index is 5.50. The van der Waals surface area contributed by atoms with Gasteiger partial charge in [-0.25, -0.2) is 0 Å². The van der Waals surface area contributed by atoms with Crippen LogP contribution in [0.3, 0.4) is 0 Å². The van der Waals surface area contributed by atoms with Crippen LogP contribution in [0.4, 0.5) is 0 Å². The van der Waals surface area contributed by atoms with Crippen LogP contribution in [0, 0.1) is 5.92 Å². The molecule has 0 saturated carbocycles. The Morgan fingerprint density at radius 1 is 1.05 bits per heavy atom. The third-order valence-corrected chi connectivity index (χ3v) is 3.86. The minimum atomic E-state index is 0.403. The molecule has 0 fully saturated rings. The van der Waals surface area contributed by atoms with Crippen molar-refractivity contribution in [3.63, 3.8) is 0 Å². The van der Waals surface area contributed by atoms with Gasteiger partial charge >= 0.3 is 0 Å². The Bertz CT molecular complexity index is 577. The Labute approximate surface area is 128 Å². The highest BCUT2D eigenvalue weighted by molar-refractivity contribution is 5.91. The smallest absolute Gasteiger partial charge is 0.126 e. The number of ether oxygens (including phenoxy) is 1. The number of fused-ring (bicyclic) bond motifs is 1. The van der Waals surface area contributed by atoms with E-state index < -0.39 is 0 Å². The molecule has 0 radical (unpaired) electrons. The highest BCUT2D eigenvalue weighted by Gasteiger charge is 2.16. The lowest BCUT2D eigenvalue weighted by Crippen LogP contribution is -2.23. The largest absolute Gasteiger partial charge is 0.496 e. The van der Waals surface area contributed by atoms with Crippen molar-refractivity contribution in [1.29, 1.82) is 0 Å². The quantitative estimate of drug-likeness (QED) is 0.778. The first-order chi connectivity index (χ1) is 10.2. The summed E-state index contributed by atoms with van der Waals surface area (Å²) in [6.07, 6.45) is 2.30. The van der Waals surface area contributed by atoms with Crippen LogP contribution >= 0.6 is 0 Å². The van der Waals surface area contributed by atoms with E-state index in [0.29, 0.717) is 12.0 Å². The summed E-state index contributed by atoms with van der Waals surface area (Å²) in [7, 11) is 1.74. The fraction of sp³-hybridized carbons (Fsp3) is 0.474. The Hall–Kier alpha value is -1.54. The lowest BCUT2D eigenvalue weighted by atomic mass is 9.92. The van der Waals surface area contributed by atoms with Crippen LogP contribution in [-0.4, -0.2) is 13.7 Å². The van der Waals surface area contributed by atoms with Crippen molar-refractivity contribution >= 4 is 10.8 Å². The van der Waals surface area contributed by atoms with E-state index in [1.165, 1.54) is 16.3 Å². The van der Waals surface area contributed by atoms with Crippen LogP contribution in [-0.2, 0) is 0 Å². The van der Waals surface area contributed by atoms with Crippen molar-refractivity contribution in [3.8, 4) is 5.75 Å². The number of benzene rings is 2. The van der Waals surface area contributed by atoms with Gasteiger partial charge in [-0.05, 0) is 42.3 Å². The molecule has 2 heteroatoms. The average molecular weight is 285 g/mol. The Balaban J connectivity index is 2.46. The Morgan fingerprint density at radius 2 is 1.76 bits per heavy atom. The molecule has 0 saturated heterocycles. The molecule has 0 heterocycles. The van der Waals surface area contributed by atoms with Crippen LogP contribution in [0.25, 0.3) is 10.8 Å². The zero-order valence-corrected chi connectivity index (χ0v) is 13.6.